The van der Waals surface area contributed by atoms with Crippen molar-refractivity contribution in [3.05, 3.63) is 48.6 Å². The van der Waals surface area contributed by atoms with Crippen molar-refractivity contribution in [3.8, 4) is 0 Å². The van der Waals surface area contributed by atoms with Gasteiger partial charge in [-0.25, -0.2) is 0 Å². The topological polar surface area (TPSA) is 78.9 Å². The molecule has 6 nitrogen and oxygen atoms in total. The van der Waals surface area contributed by atoms with E-state index in [0.29, 0.717) is 19.3 Å². The number of carbonyl (C=O) groups excluding carboxylic acids is 3. The molecule has 1 unspecified atom stereocenters. The lowest BCUT2D eigenvalue weighted by Crippen LogP contribution is -2.30. The smallest absolute Gasteiger partial charge is 0.306 e. The molecule has 0 aliphatic rings. The van der Waals surface area contributed by atoms with Gasteiger partial charge in [-0.2, -0.15) is 0 Å². The minimum absolute atomic E-state index is 0.0685. The van der Waals surface area contributed by atoms with Gasteiger partial charge in [-0.15, -0.1) is 0 Å². The summed E-state index contributed by atoms with van der Waals surface area (Å²) in [6, 6.07) is 0. The van der Waals surface area contributed by atoms with Gasteiger partial charge in [-0.3, -0.25) is 14.4 Å². The lowest BCUT2D eigenvalue weighted by atomic mass is 10.0. The van der Waals surface area contributed by atoms with Gasteiger partial charge in [0.05, 0.1) is 0 Å². The number of rotatable bonds is 65. The van der Waals surface area contributed by atoms with E-state index in [1.807, 2.05) is 0 Å². The summed E-state index contributed by atoms with van der Waals surface area (Å²) in [5, 5.41) is 0. The van der Waals surface area contributed by atoms with Gasteiger partial charge in [0, 0.05) is 19.3 Å². The Kier molecular flexibility index (Phi) is 65.6. The highest BCUT2D eigenvalue weighted by Crippen LogP contribution is 2.18. The van der Waals surface area contributed by atoms with Gasteiger partial charge in [0.2, 0.25) is 0 Å². The van der Waals surface area contributed by atoms with Crippen molar-refractivity contribution in [2.45, 2.75) is 386 Å². The molecule has 0 amide bonds. The number of unbranched alkanes of at least 4 members (excludes halogenated alkanes) is 46. The highest BCUT2D eigenvalue weighted by Gasteiger charge is 2.19. The van der Waals surface area contributed by atoms with Crippen LogP contribution in [0.4, 0.5) is 0 Å². The maximum atomic E-state index is 12.9. The van der Waals surface area contributed by atoms with Crippen LogP contribution in [0.5, 0.6) is 0 Å². The van der Waals surface area contributed by atoms with E-state index in [0.717, 1.165) is 70.6 Å². The van der Waals surface area contributed by atoms with Crippen LogP contribution in [0.15, 0.2) is 48.6 Å². The van der Waals surface area contributed by atoms with Crippen LogP contribution in [-0.2, 0) is 28.6 Å². The fraction of sp³-hybridized carbons (Fsp3) is 0.849. The van der Waals surface area contributed by atoms with Gasteiger partial charge in [0.25, 0.3) is 0 Å². The Morgan fingerprint density at radius 2 is 0.456 bits per heavy atom. The largest absolute Gasteiger partial charge is 0.462 e. The highest BCUT2D eigenvalue weighted by atomic mass is 16.6. The summed E-state index contributed by atoms with van der Waals surface area (Å²) in [6.45, 7) is 6.64. The summed E-state index contributed by atoms with van der Waals surface area (Å²) < 4.78 is 16.9. The number of esters is 3. The molecular weight excluding hydrogens is 973 g/mol. The SMILES string of the molecule is CCCCCCC/C=C\C/C=C\CCCCCCCCCCCCCCCCCC(=O)OCC(COC(=O)CCCCCCCCC)OC(=O)CCCCCCCCCCCCCCCCC/C=C\C/C=C\CCCCCCC. The summed E-state index contributed by atoms with van der Waals surface area (Å²) in [5.74, 6) is -0.852. The van der Waals surface area contributed by atoms with Crippen molar-refractivity contribution >= 4 is 17.9 Å². The molecule has 0 aromatic heterocycles. The van der Waals surface area contributed by atoms with E-state index in [9.17, 15) is 14.4 Å². The fourth-order valence-corrected chi connectivity index (χ4v) is 10.5. The molecule has 0 radical (unpaired) electrons. The van der Waals surface area contributed by atoms with Crippen LogP contribution in [0.2, 0.25) is 0 Å². The third kappa shape index (κ3) is 66.1. The van der Waals surface area contributed by atoms with Crippen molar-refractivity contribution in [2.24, 2.45) is 0 Å². The zero-order chi connectivity index (χ0) is 57.1. The standard InChI is InChI=1S/C73H134O6/c1-4-7-10-13-16-18-20-22-24-26-28-30-32-34-36-38-40-42-44-46-48-50-52-54-57-60-63-66-72(75)78-69-70(68-77-71(74)65-62-59-56-15-12-9-6-3)79-73(76)67-64-61-58-55-53-51-49-47-45-43-41-39-37-35-33-31-29-27-25-23-21-19-17-14-11-8-5-2/h20-23,26-29,70H,4-19,24-25,30-69H2,1-3H3/b22-20-,23-21-,28-26-,29-27-. The molecule has 0 rings (SSSR count). The molecule has 0 fully saturated rings. The Morgan fingerprint density at radius 3 is 0.696 bits per heavy atom. The first kappa shape index (κ1) is 76.4. The Morgan fingerprint density at radius 1 is 0.253 bits per heavy atom. The monoisotopic (exact) mass is 1110 g/mol. The van der Waals surface area contributed by atoms with Crippen molar-refractivity contribution in [1.29, 1.82) is 0 Å². The average molecular weight is 1110 g/mol. The minimum Gasteiger partial charge on any atom is -0.462 e. The lowest BCUT2D eigenvalue weighted by Gasteiger charge is -2.18. The molecule has 6 heteroatoms. The van der Waals surface area contributed by atoms with Crippen molar-refractivity contribution in [3.63, 3.8) is 0 Å². The van der Waals surface area contributed by atoms with Crippen molar-refractivity contribution in [1.82, 2.24) is 0 Å². The Hall–Kier alpha value is -2.63. The van der Waals surface area contributed by atoms with E-state index in [2.05, 4.69) is 69.4 Å². The van der Waals surface area contributed by atoms with Crippen LogP contribution >= 0.6 is 0 Å². The maximum absolute atomic E-state index is 12.9. The Bertz CT molecular complexity index is 1360. The fourth-order valence-electron chi connectivity index (χ4n) is 10.5. The van der Waals surface area contributed by atoms with E-state index in [4.69, 9.17) is 14.2 Å². The number of carbonyl (C=O) groups is 3. The second-order valence-corrected chi connectivity index (χ2v) is 23.8. The van der Waals surface area contributed by atoms with E-state index in [1.54, 1.807) is 0 Å². The third-order valence-electron chi connectivity index (χ3n) is 15.8. The molecule has 0 aliphatic carbocycles. The average Bonchev–Trinajstić information content (AvgIpc) is 3.45. The first-order chi connectivity index (χ1) is 39.0. The van der Waals surface area contributed by atoms with E-state index >= 15 is 0 Å². The van der Waals surface area contributed by atoms with Gasteiger partial charge >= 0.3 is 17.9 Å². The number of hydrogen-bond donors (Lipinski definition) is 0. The molecule has 0 aromatic rings. The minimum atomic E-state index is -0.769. The molecule has 0 spiro atoms. The Balaban J connectivity index is 4.04. The molecule has 1 atom stereocenters. The number of allylic oxidation sites excluding steroid dienone is 8. The van der Waals surface area contributed by atoms with E-state index < -0.39 is 6.10 Å². The molecule has 79 heavy (non-hydrogen) atoms. The van der Waals surface area contributed by atoms with E-state index in [1.165, 1.54) is 270 Å². The van der Waals surface area contributed by atoms with Crippen LogP contribution in [0.3, 0.4) is 0 Å². The van der Waals surface area contributed by atoms with Crippen LogP contribution in [0.1, 0.15) is 380 Å². The molecule has 0 aliphatic heterocycles. The number of ether oxygens (including phenoxy) is 3. The van der Waals surface area contributed by atoms with Crippen LogP contribution in [0, 0.1) is 0 Å². The van der Waals surface area contributed by atoms with Crippen LogP contribution in [-0.4, -0.2) is 37.2 Å². The molecular formula is C73H134O6. The molecule has 0 saturated carbocycles. The summed E-state index contributed by atoms with van der Waals surface area (Å²) in [5.41, 5.74) is 0. The summed E-state index contributed by atoms with van der Waals surface area (Å²) in [6.07, 6.45) is 86.0. The molecule has 0 N–H and O–H groups in total. The molecule has 0 bridgehead atoms. The number of hydrogen-bond acceptors (Lipinski definition) is 6. The predicted molar refractivity (Wildman–Crippen MR) is 344 cm³/mol. The van der Waals surface area contributed by atoms with Crippen LogP contribution < -0.4 is 0 Å². The first-order valence-corrected chi connectivity index (χ1v) is 35.1. The molecule has 0 saturated heterocycles. The van der Waals surface area contributed by atoms with Gasteiger partial charge in [0.15, 0.2) is 6.10 Å². The quantitative estimate of drug-likeness (QED) is 0.0261. The van der Waals surface area contributed by atoms with Crippen LogP contribution in [0.25, 0.3) is 0 Å². The van der Waals surface area contributed by atoms with Gasteiger partial charge in [-0.1, -0.05) is 326 Å². The normalized spacial score (nSPS) is 12.3. The van der Waals surface area contributed by atoms with Gasteiger partial charge in [-0.05, 0) is 83.5 Å². The molecule has 0 aromatic carbocycles. The molecule has 0 heterocycles. The second-order valence-electron chi connectivity index (χ2n) is 23.8. The summed E-state index contributed by atoms with van der Waals surface area (Å²) in [7, 11) is 0. The maximum Gasteiger partial charge on any atom is 0.306 e. The zero-order valence-corrected chi connectivity index (χ0v) is 53.2. The van der Waals surface area contributed by atoms with Gasteiger partial charge < -0.3 is 14.2 Å². The lowest BCUT2D eigenvalue weighted by molar-refractivity contribution is -0.167. The summed E-state index contributed by atoms with van der Waals surface area (Å²) >= 11 is 0. The molecule has 462 valence electrons. The zero-order valence-electron chi connectivity index (χ0n) is 53.2. The van der Waals surface area contributed by atoms with Crippen molar-refractivity contribution in [2.75, 3.05) is 13.2 Å². The second kappa shape index (κ2) is 67.9. The third-order valence-corrected chi connectivity index (χ3v) is 15.8. The first-order valence-electron chi connectivity index (χ1n) is 35.1. The highest BCUT2D eigenvalue weighted by molar-refractivity contribution is 5.71. The predicted octanol–water partition coefficient (Wildman–Crippen LogP) is 24.1. The summed E-state index contributed by atoms with van der Waals surface area (Å²) in [4.78, 5) is 38.2. The van der Waals surface area contributed by atoms with Crippen molar-refractivity contribution < 1.29 is 28.6 Å². The van der Waals surface area contributed by atoms with Gasteiger partial charge in [0.1, 0.15) is 13.2 Å². The Labute approximate surface area is 492 Å². The van der Waals surface area contributed by atoms with E-state index in [-0.39, 0.29) is 31.1 Å².